The van der Waals surface area contributed by atoms with Gasteiger partial charge in [-0.25, -0.2) is 9.97 Å². The first-order valence-corrected chi connectivity index (χ1v) is 9.08. The number of rotatable bonds is 5. The molecule has 26 heavy (non-hydrogen) atoms. The summed E-state index contributed by atoms with van der Waals surface area (Å²) in [5.74, 6) is 1.34. The van der Waals surface area contributed by atoms with Crippen LogP contribution in [0.3, 0.4) is 0 Å². The highest BCUT2D eigenvalue weighted by Gasteiger charge is 2.12. The SMILES string of the molecule is CC(Nc1ncnc2[nH]c(-c3ccc(CCl)cc3)cc12)c1ccccc1. The van der Waals surface area contributed by atoms with Crippen molar-refractivity contribution in [3.63, 3.8) is 0 Å². The van der Waals surface area contributed by atoms with Crippen LogP contribution in [0.25, 0.3) is 22.3 Å². The van der Waals surface area contributed by atoms with Crippen molar-refractivity contribution in [2.75, 3.05) is 5.32 Å². The topological polar surface area (TPSA) is 53.6 Å². The quantitative estimate of drug-likeness (QED) is 0.458. The molecule has 2 N–H and O–H groups in total. The van der Waals surface area contributed by atoms with E-state index in [1.54, 1.807) is 6.33 Å². The summed E-state index contributed by atoms with van der Waals surface area (Å²) >= 11 is 5.87. The molecular formula is C21H19ClN4. The average Bonchev–Trinajstić information content (AvgIpc) is 3.14. The molecule has 0 aliphatic heterocycles. The summed E-state index contributed by atoms with van der Waals surface area (Å²) < 4.78 is 0. The van der Waals surface area contributed by atoms with Gasteiger partial charge in [-0.1, -0.05) is 54.6 Å². The normalized spacial score (nSPS) is 12.2. The monoisotopic (exact) mass is 362 g/mol. The molecule has 2 aromatic carbocycles. The minimum Gasteiger partial charge on any atom is -0.363 e. The third-order valence-corrected chi connectivity index (χ3v) is 4.81. The third-order valence-electron chi connectivity index (χ3n) is 4.50. The molecule has 1 unspecified atom stereocenters. The number of nitrogens with one attached hydrogen (secondary N) is 2. The standard InChI is InChI=1S/C21H19ClN4/c1-14(16-5-3-2-4-6-16)25-20-18-11-19(26-21(18)24-13-23-20)17-9-7-15(12-22)8-10-17/h2-11,13-14H,12H2,1H3,(H2,23,24,25,26). The molecule has 0 radical (unpaired) electrons. The van der Waals surface area contributed by atoms with E-state index in [1.807, 2.05) is 30.3 Å². The molecular weight excluding hydrogens is 344 g/mol. The summed E-state index contributed by atoms with van der Waals surface area (Å²) in [6.45, 7) is 2.13. The third kappa shape index (κ3) is 3.28. The van der Waals surface area contributed by atoms with Gasteiger partial charge >= 0.3 is 0 Å². The van der Waals surface area contributed by atoms with E-state index in [1.165, 1.54) is 5.56 Å². The van der Waals surface area contributed by atoms with Crippen LogP contribution in [-0.2, 0) is 5.88 Å². The van der Waals surface area contributed by atoms with E-state index in [0.717, 1.165) is 33.7 Å². The molecule has 1 atom stereocenters. The largest absolute Gasteiger partial charge is 0.363 e. The van der Waals surface area contributed by atoms with Crippen molar-refractivity contribution in [2.24, 2.45) is 0 Å². The van der Waals surface area contributed by atoms with Crippen molar-refractivity contribution in [3.8, 4) is 11.3 Å². The predicted octanol–water partition coefficient (Wildman–Crippen LogP) is 5.54. The minimum atomic E-state index is 0.149. The second kappa shape index (κ2) is 7.18. The van der Waals surface area contributed by atoms with Crippen LogP contribution in [0, 0.1) is 0 Å². The Balaban J connectivity index is 1.67. The Labute approximate surface area is 157 Å². The van der Waals surface area contributed by atoms with Crippen LogP contribution in [0.1, 0.15) is 24.1 Å². The summed E-state index contributed by atoms with van der Waals surface area (Å²) in [4.78, 5) is 12.2. The summed E-state index contributed by atoms with van der Waals surface area (Å²) in [5, 5.41) is 4.47. The Kier molecular flexibility index (Phi) is 4.59. The molecule has 0 spiro atoms. The lowest BCUT2D eigenvalue weighted by Crippen LogP contribution is -2.08. The van der Waals surface area contributed by atoms with Crippen molar-refractivity contribution in [3.05, 3.63) is 78.1 Å². The molecule has 130 valence electrons. The molecule has 2 heterocycles. The van der Waals surface area contributed by atoms with Crippen molar-refractivity contribution < 1.29 is 0 Å². The van der Waals surface area contributed by atoms with E-state index in [-0.39, 0.29) is 6.04 Å². The average molecular weight is 363 g/mol. The van der Waals surface area contributed by atoms with Gasteiger partial charge in [0.25, 0.3) is 0 Å². The lowest BCUT2D eigenvalue weighted by molar-refractivity contribution is 0.876. The number of benzene rings is 2. The number of fused-ring (bicyclic) bond motifs is 1. The van der Waals surface area contributed by atoms with Gasteiger partial charge in [0.2, 0.25) is 0 Å². The number of hydrogen-bond donors (Lipinski definition) is 2. The van der Waals surface area contributed by atoms with Crippen LogP contribution < -0.4 is 5.32 Å². The number of aromatic nitrogens is 3. The van der Waals surface area contributed by atoms with E-state index >= 15 is 0 Å². The van der Waals surface area contributed by atoms with Crippen molar-refractivity contribution >= 4 is 28.5 Å². The maximum Gasteiger partial charge on any atom is 0.143 e. The van der Waals surface area contributed by atoms with Gasteiger partial charge in [0.05, 0.1) is 5.39 Å². The number of anilines is 1. The van der Waals surface area contributed by atoms with Crippen molar-refractivity contribution in [1.29, 1.82) is 0 Å². The van der Waals surface area contributed by atoms with Gasteiger partial charge in [0.15, 0.2) is 0 Å². The molecule has 2 aromatic heterocycles. The Morgan fingerprint density at radius 2 is 1.81 bits per heavy atom. The number of halogens is 1. The smallest absolute Gasteiger partial charge is 0.143 e. The van der Waals surface area contributed by atoms with Gasteiger partial charge in [-0.3, -0.25) is 0 Å². The second-order valence-corrected chi connectivity index (χ2v) is 6.54. The Morgan fingerprint density at radius 1 is 1.04 bits per heavy atom. The lowest BCUT2D eigenvalue weighted by atomic mass is 10.1. The predicted molar refractivity (Wildman–Crippen MR) is 107 cm³/mol. The van der Waals surface area contributed by atoms with Gasteiger partial charge < -0.3 is 10.3 Å². The zero-order valence-electron chi connectivity index (χ0n) is 14.4. The van der Waals surface area contributed by atoms with Crippen LogP contribution in [0.2, 0.25) is 0 Å². The molecule has 4 aromatic rings. The molecule has 0 fully saturated rings. The fourth-order valence-electron chi connectivity index (χ4n) is 3.01. The summed E-state index contributed by atoms with van der Waals surface area (Å²) in [7, 11) is 0. The van der Waals surface area contributed by atoms with Crippen LogP contribution in [0.4, 0.5) is 5.82 Å². The van der Waals surface area contributed by atoms with E-state index < -0.39 is 0 Å². The van der Waals surface area contributed by atoms with Gasteiger partial charge in [-0.15, -0.1) is 11.6 Å². The lowest BCUT2D eigenvalue weighted by Gasteiger charge is -2.15. The molecule has 4 rings (SSSR count). The molecule has 0 amide bonds. The fraction of sp³-hybridized carbons (Fsp3) is 0.143. The summed E-state index contributed by atoms with van der Waals surface area (Å²) in [5.41, 5.74) is 5.24. The zero-order chi connectivity index (χ0) is 17.9. The number of hydrogen-bond acceptors (Lipinski definition) is 3. The number of alkyl halides is 1. The first-order valence-electron chi connectivity index (χ1n) is 8.55. The zero-order valence-corrected chi connectivity index (χ0v) is 15.2. The first kappa shape index (κ1) is 16.6. The van der Waals surface area contributed by atoms with Gasteiger partial charge in [-0.05, 0) is 29.7 Å². The highest BCUT2D eigenvalue weighted by molar-refractivity contribution is 6.17. The highest BCUT2D eigenvalue weighted by atomic mass is 35.5. The van der Waals surface area contributed by atoms with Crippen LogP contribution in [-0.4, -0.2) is 15.0 Å². The Morgan fingerprint density at radius 3 is 2.54 bits per heavy atom. The number of nitrogens with zero attached hydrogens (tertiary/aromatic N) is 2. The number of aromatic amines is 1. The van der Waals surface area contributed by atoms with Crippen LogP contribution >= 0.6 is 11.6 Å². The maximum absolute atomic E-state index is 5.87. The van der Waals surface area contributed by atoms with Crippen LogP contribution in [0.5, 0.6) is 0 Å². The highest BCUT2D eigenvalue weighted by Crippen LogP contribution is 2.29. The van der Waals surface area contributed by atoms with Crippen molar-refractivity contribution in [2.45, 2.75) is 18.8 Å². The summed E-state index contributed by atoms with van der Waals surface area (Å²) in [6, 6.07) is 20.8. The van der Waals surface area contributed by atoms with E-state index in [2.05, 4.69) is 57.5 Å². The number of H-pyrrole nitrogens is 1. The molecule has 0 aliphatic carbocycles. The molecule has 0 saturated heterocycles. The molecule has 5 heteroatoms. The molecule has 0 bridgehead atoms. The summed E-state index contributed by atoms with van der Waals surface area (Å²) in [6.07, 6.45) is 1.58. The Hall–Kier alpha value is -2.85. The second-order valence-electron chi connectivity index (χ2n) is 6.27. The minimum absolute atomic E-state index is 0.149. The maximum atomic E-state index is 5.87. The van der Waals surface area contributed by atoms with Gasteiger partial charge in [-0.2, -0.15) is 0 Å². The first-order chi connectivity index (χ1) is 12.7. The molecule has 0 saturated carbocycles. The van der Waals surface area contributed by atoms with Crippen molar-refractivity contribution in [1.82, 2.24) is 15.0 Å². The molecule has 4 nitrogen and oxygen atoms in total. The van der Waals surface area contributed by atoms with Gasteiger partial charge in [0, 0.05) is 17.6 Å². The van der Waals surface area contributed by atoms with E-state index in [4.69, 9.17) is 11.6 Å². The van der Waals surface area contributed by atoms with Crippen LogP contribution in [0.15, 0.2) is 67.0 Å². The van der Waals surface area contributed by atoms with E-state index in [9.17, 15) is 0 Å². The molecule has 0 aliphatic rings. The Bertz CT molecular complexity index is 1010. The van der Waals surface area contributed by atoms with E-state index in [0.29, 0.717) is 5.88 Å². The fourth-order valence-corrected chi connectivity index (χ4v) is 3.19. The van der Waals surface area contributed by atoms with Gasteiger partial charge in [0.1, 0.15) is 17.8 Å².